The first-order valence-corrected chi connectivity index (χ1v) is 6.47. The fourth-order valence-electron chi connectivity index (χ4n) is 1.47. The van der Waals surface area contributed by atoms with E-state index in [0.29, 0.717) is 5.69 Å². The Labute approximate surface area is 122 Å². The lowest BCUT2D eigenvalue weighted by molar-refractivity contribution is -0.124. The first-order valence-electron chi connectivity index (χ1n) is 6.09. The van der Waals surface area contributed by atoms with Crippen molar-refractivity contribution < 1.29 is 19.1 Å². The summed E-state index contributed by atoms with van der Waals surface area (Å²) in [4.78, 5) is 34.1. The number of ether oxygens (including phenoxy) is 1. The van der Waals surface area contributed by atoms with Crippen LogP contribution >= 0.6 is 11.6 Å². The van der Waals surface area contributed by atoms with E-state index in [2.05, 4.69) is 5.32 Å². The summed E-state index contributed by atoms with van der Waals surface area (Å²) in [6.07, 6.45) is -0.483. The molecule has 0 aliphatic heterocycles. The van der Waals surface area contributed by atoms with Gasteiger partial charge in [-0.2, -0.15) is 0 Å². The van der Waals surface area contributed by atoms with Crippen molar-refractivity contribution in [2.45, 2.75) is 33.3 Å². The van der Waals surface area contributed by atoms with E-state index in [1.54, 1.807) is 19.9 Å². The van der Waals surface area contributed by atoms with Crippen molar-refractivity contribution in [3.8, 4) is 0 Å². The van der Waals surface area contributed by atoms with Gasteiger partial charge in [-0.05, 0) is 39.0 Å². The molecule has 108 valence electrons. The number of rotatable bonds is 5. The molecule has 0 unspecified atom stereocenters. The quantitative estimate of drug-likeness (QED) is 0.670. The molecule has 1 aromatic rings. The van der Waals surface area contributed by atoms with Gasteiger partial charge in [0.15, 0.2) is 0 Å². The van der Waals surface area contributed by atoms with Crippen molar-refractivity contribution in [3.63, 3.8) is 0 Å². The van der Waals surface area contributed by atoms with Crippen LogP contribution in [0.2, 0.25) is 5.02 Å². The second-order valence-corrected chi connectivity index (χ2v) is 4.98. The van der Waals surface area contributed by atoms with Crippen LogP contribution in [0.25, 0.3) is 0 Å². The number of carbonyl (C=O) groups is 3. The average Bonchev–Trinajstić information content (AvgIpc) is 2.29. The van der Waals surface area contributed by atoms with Gasteiger partial charge in [-0.3, -0.25) is 9.59 Å². The van der Waals surface area contributed by atoms with E-state index >= 15 is 0 Å². The molecule has 0 fully saturated rings. The summed E-state index contributed by atoms with van der Waals surface area (Å²) < 4.78 is 5.05. The number of Topliss-reactive ketones (excluding diaryl/α,β-unsaturated/α-hetero) is 1. The highest BCUT2D eigenvalue weighted by atomic mass is 35.5. The van der Waals surface area contributed by atoms with Gasteiger partial charge in [0.05, 0.1) is 23.1 Å². The van der Waals surface area contributed by atoms with Gasteiger partial charge in [0.25, 0.3) is 0 Å². The number of hydrogen-bond acceptors (Lipinski definition) is 4. The Morgan fingerprint density at radius 2 is 1.95 bits per heavy atom. The third-order valence-corrected chi connectivity index (χ3v) is 2.55. The lowest BCUT2D eigenvalue weighted by Gasteiger charge is -2.11. The van der Waals surface area contributed by atoms with Crippen LogP contribution in [0.1, 0.15) is 37.6 Å². The molecule has 0 aliphatic carbocycles. The molecule has 0 heterocycles. The summed E-state index contributed by atoms with van der Waals surface area (Å²) in [5.41, 5.74) is 0.553. The summed E-state index contributed by atoms with van der Waals surface area (Å²) in [6, 6.07) is 4.46. The number of ketones is 1. The summed E-state index contributed by atoms with van der Waals surface area (Å²) in [6.45, 7) is 4.78. The highest BCUT2D eigenvalue weighted by Crippen LogP contribution is 2.22. The van der Waals surface area contributed by atoms with Crippen molar-refractivity contribution in [1.29, 1.82) is 0 Å². The van der Waals surface area contributed by atoms with Crippen LogP contribution in [0.5, 0.6) is 0 Å². The zero-order valence-electron chi connectivity index (χ0n) is 11.5. The molecular weight excluding hydrogens is 282 g/mol. The summed E-state index contributed by atoms with van der Waals surface area (Å²) in [5.74, 6) is -1.24. The van der Waals surface area contributed by atoms with Crippen molar-refractivity contribution in [3.05, 3.63) is 28.8 Å². The number of anilines is 1. The van der Waals surface area contributed by atoms with Crippen LogP contribution in [0.15, 0.2) is 18.2 Å². The van der Waals surface area contributed by atoms with Crippen molar-refractivity contribution in [1.82, 2.24) is 0 Å². The van der Waals surface area contributed by atoms with Gasteiger partial charge in [0.1, 0.15) is 5.78 Å². The molecule has 0 saturated heterocycles. The van der Waals surface area contributed by atoms with E-state index in [1.807, 2.05) is 0 Å². The van der Waals surface area contributed by atoms with Crippen molar-refractivity contribution in [2.24, 2.45) is 0 Å². The minimum absolute atomic E-state index is 0.168. The highest BCUT2D eigenvalue weighted by molar-refractivity contribution is 6.33. The van der Waals surface area contributed by atoms with Gasteiger partial charge in [-0.25, -0.2) is 4.79 Å². The molecule has 0 radical (unpaired) electrons. The smallest absolute Gasteiger partial charge is 0.339 e. The Morgan fingerprint density at radius 1 is 1.30 bits per heavy atom. The normalized spacial score (nSPS) is 10.2. The van der Waals surface area contributed by atoms with Gasteiger partial charge in [0.2, 0.25) is 5.91 Å². The maximum Gasteiger partial charge on any atom is 0.339 e. The monoisotopic (exact) mass is 297 g/mol. The predicted octanol–water partition coefficient (Wildman–Crippen LogP) is 2.82. The molecule has 0 aliphatic rings. The molecule has 0 spiro atoms. The Balaban J connectivity index is 2.88. The number of hydrogen-bond donors (Lipinski definition) is 1. The van der Waals surface area contributed by atoms with Crippen LogP contribution in [-0.4, -0.2) is 23.8 Å². The molecule has 1 aromatic carbocycles. The summed E-state index contributed by atoms with van der Waals surface area (Å²) in [5, 5.41) is 2.76. The van der Waals surface area contributed by atoms with Gasteiger partial charge in [-0.15, -0.1) is 0 Å². The van der Waals surface area contributed by atoms with E-state index in [1.165, 1.54) is 19.1 Å². The third kappa shape index (κ3) is 5.01. The standard InChI is InChI=1S/C14H16ClNO4/c1-8(2)20-14(19)11-7-10(4-5-12(11)15)16-13(18)6-9(3)17/h4-5,7-8H,6H2,1-3H3,(H,16,18). The summed E-state index contributed by atoms with van der Waals surface area (Å²) in [7, 11) is 0. The van der Waals surface area contributed by atoms with Gasteiger partial charge in [0, 0.05) is 5.69 Å². The largest absolute Gasteiger partial charge is 0.459 e. The summed E-state index contributed by atoms with van der Waals surface area (Å²) >= 11 is 5.93. The SMILES string of the molecule is CC(=O)CC(=O)Nc1ccc(Cl)c(C(=O)OC(C)C)c1. The van der Waals surface area contributed by atoms with Gasteiger partial charge < -0.3 is 10.1 Å². The molecule has 1 amide bonds. The maximum atomic E-state index is 11.8. The molecule has 0 atom stereocenters. The molecule has 5 nitrogen and oxygen atoms in total. The van der Waals surface area contributed by atoms with E-state index in [-0.39, 0.29) is 28.9 Å². The number of esters is 1. The molecule has 1 rings (SSSR count). The second kappa shape index (κ2) is 7.05. The Bertz CT molecular complexity index is 540. The first kappa shape index (κ1) is 16.2. The maximum absolute atomic E-state index is 11.8. The minimum Gasteiger partial charge on any atom is -0.459 e. The molecule has 20 heavy (non-hydrogen) atoms. The Hall–Kier alpha value is -1.88. The fourth-order valence-corrected chi connectivity index (χ4v) is 1.66. The van der Waals surface area contributed by atoms with Crippen LogP contribution < -0.4 is 5.32 Å². The topological polar surface area (TPSA) is 72.5 Å². The Kier molecular flexibility index (Phi) is 5.70. The van der Waals surface area contributed by atoms with Gasteiger partial charge in [-0.1, -0.05) is 11.6 Å². The first-order chi connectivity index (χ1) is 9.29. The minimum atomic E-state index is -0.562. The lowest BCUT2D eigenvalue weighted by Crippen LogP contribution is -2.16. The predicted molar refractivity (Wildman–Crippen MR) is 75.9 cm³/mol. The van der Waals surface area contributed by atoms with Crippen molar-refractivity contribution in [2.75, 3.05) is 5.32 Å². The Morgan fingerprint density at radius 3 is 2.50 bits per heavy atom. The number of halogens is 1. The zero-order valence-corrected chi connectivity index (χ0v) is 12.3. The molecule has 6 heteroatoms. The number of benzene rings is 1. The lowest BCUT2D eigenvalue weighted by atomic mass is 10.2. The highest BCUT2D eigenvalue weighted by Gasteiger charge is 2.15. The molecule has 1 N–H and O–H groups in total. The molecule has 0 saturated carbocycles. The van der Waals surface area contributed by atoms with Crippen molar-refractivity contribution >= 4 is 34.9 Å². The van der Waals surface area contributed by atoms with Crippen LogP contribution in [-0.2, 0) is 14.3 Å². The van der Waals surface area contributed by atoms with E-state index in [9.17, 15) is 14.4 Å². The van der Waals surface area contributed by atoms with E-state index in [4.69, 9.17) is 16.3 Å². The van der Waals surface area contributed by atoms with Crippen LogP contribution in [0, 0.1) is 0 Å². The van der Waals surface area contributed by atoms with E-state index < -0.39 is 11.9 Å². The van der Waals surface area contributed by atoms with Gasteiger partial charge >= 0.3 is 5.97 Å². The zero-order chi connectivity index (χ0) is 15.3. The third-order valence-electron chi connectivity index (χ3n) is 2.22. The number of amides is 1. The van der Waals surface area contributed by atoms with Crippen LogP contribution in [0.3, 0.4) is 0 Å². The average molecular weight is 298 g/mol. The van der Waals surface area contributed by atoms with Crippen LogP contribution in [0.4, 0.5) is 5.69 Å². The number of nitrogens with one attached hydrogen (secondary N) is 1. The molecular formula is C14H16ClNO4. The molecule has 0 aromatic heterocycles. The molecule has 0 bridgehead atoms. The second-order valence-electron chi connectivity index (χ2n) is 4.58. The van der Waals surface area contributed by atoms with E-state index in [0.717, 1.165) is 0 Å². The fraction of sp³-hybridized carbons (Fsp3) is 0.357. The number of carbonyl (C=O) groups excluding carboxylic acids is 3.